The zero-order valence-electron chi connectivity index (χ0n) is 21.0. The molecule has 9 heteroatoms. The van der Waals surface area contributed by atoms with Crippen molar-refractivity contribution in [3.8, 4) is 22.6 Å². The smallest absolute Gasteiger partial charge is 0.259 e. The Balaban J connectivity index is 1.34. The highest BCUT2D eigenvalue weighted by atomic mass is 16.5. The van der Waals surface area contributed by atoms with Gasteiger partial charge in [-0.05, 0) is 41.3 Å². The molecule has 0 saturated carbocycles. The summed E-state index contributed by atoms with van der Waals surface area (Å²) in [6, 6.07) is 15.3. The molecule has 1 aliphatic heterocycles. The molecule has 1 saturated heterocycles. The number of likely N-dealkylation sites (tertiary alicyclic amines) is 1. The lowest BCUT2D eigenvalue weighted by atomic mass is 9.96. The molecule has 1 fully saturated rings. The van der Waals surface area contributed by atoms with E-state index < -0.39 is 0 Å². The van der Waals surface area contributed by atoms with Gasteiger partial charge in [0.25, 0.3) is 5.56 Å². The molecule has 190 valence electrons. The first-order chi connectivity index (χ1) is 18.0. The number of aryl methyl sites for hydroxylation is 1. The SMILES string of the molecule is COc1cc(-c2cn(C)c(=O)c3cnccc23)cc(OC)c1CN1CC(C(=O)NNc2ccccc2)C1. The highest BCUT2D eigenvalue weighted by molar-refractivity contribution is 5.95. The Morgan fingerprint density at radius 3 is 2.43 bits per heavy atom. The quantitative estimate of drug-likeness (QED) is 0.359. The van der Waals surface area contributed by atoms with Gasteiger partial charge in [0.15, 0.2) is 0 Å². The van der Waals surface area contributed by atoms with Gasteiger partial charge in [0.1, 0.15) is 11.5 Å². The number of hydrogen-bond donors (Lipinski definition) is 2. The van der Waals surface area contributed by atoms with Crippen LogP contribution in [0.1, 0.15) is 5.56 Å². The number of carbonyl (C=O) groups is 1. The molecule has 0 aliphatic carbocycles. The summed E-state index contributed by atoms with van der Waals surface area (Å²) >= 11 is 0. The van der Waals surface area contributed by atoms with Crippen LogP contribution in [0.15, 0.2) is 71.9 Å². The van der Waals surface area contributed by atoms with Crippen molar-refractivity contribution in [1.82, 2.24) is 19.9 Å². The number of ether oxygens (including phenoxy) is 2. The van der Waals surface area contributed by atoms with Gasteiger partial charge >= 0.3 is 0 Å². The van der Waals surface area contributed by atoms with Crippen LogP contribution in [0.2, 0.25) is 0 Å². The van der Waals surface area contributed by atoms with E-state index in [1.54, 1.807) is 38.2 Å². The molecule has 9 nitrogen and oxygen atoms in total. The molecule has 0 unspecified atom stereocenters. The Hall–Kier alpha value is -4.37. The van der Waals surface area contributed by atoms with Crippen LogP contribution in [-0.4, -0.2) is 47.7 Å². The number of benzene rings is 2. The van der Waals surface area contributed by atoms with Gasteiger partial charge in [-0.1, -0.05) is 18.2 Å². The van der Waals surface area contributed by atoms with Crippen LogP contribution in [0.5, 0.6) is 11.5 Å². The Bertz CT molecular complexity index is 1470. The Labute approximate surface area is 214 Å². The van der Waals surface area contributed by atoms with Crippen LogP contribution in [-0.2, 0) is 18.4 Å². The number of amides is 1. The zero-order chi connectivity index (χ0) is 25.9. The second-order valence-electron chi connectivity index (χ2n) is 9.11. The number of pyridine rings is 2. The van der Waals surface area contributed by atoms with Crippen molar-refractivity contribution in [3.05, 3.63) is 83.0 Å². The molecule has 2 N–H and O–H groups in total. The monoisotopic (exact) mass is 499 g/mol. The highest BCUT2D eigenvalue weighted by Gasteiger charge is 2.33. The maximum absolute atomic E-state index is 12.6. The summed E-state index contributed by atoms with van der Waals surface area (Å²) in [6.45, 7) is 1.85. The Kier molecular flexibility index (Phi) is 6.78. The predicted octanol–water partition coefficient (Wildman–Crippen LogP) is 3.19. The largest absolute Gasteiger partial charge is 0.496 e. The van der Waals surface area contributed by atoms with Gasteiger partial charge in [-0.2, -0.15) is 0 Å². The average molecular weight is 500 g/mol. The van der Waals surface area contributed by atoms with Crippen LogP contribution in [0.25, 0.3) is 21.9 Å². The van der Waals surface area contributed by atoms with Crippen LogP contribution >= 0.6 is 0 Å². The normalized spacial score (nSPS) is 13.7. The standard InChI is InChI=1S/C28H29N5O4/c1-32-16-23(21-9-10-29-13-22(21)28(32)35)18-11-25(36-2)24(26(12-18)37-3)17-33-14-19(15-33)27(34)31-30-20-7-5-4-6-8-20/h4-13,16,19,30H,14-15,17H2,1-3H3,(H,31,34). The zero-order valence-corrected chi connectivity index (χ0v) is 21.0. The van der Waals surface area contributed by atoms with Crippen LogP contribution in [0.3, 0.4) is 0 Å². The molecule has 2 aromatic heterocycles. The summed E-state index contributed by atoms with van der Waals surface area (Å²) in [7, 11) is 4.99. The van der Waals surface area contributed by atoms with Crippen LogP contribution in [0.4, 0.5) is 5.69 Å². The van der Waals surface area contributed by atoms with Gasteiger partial charge in [0, 0.05) is 50.8 Å². The number of hydrazine groups is 1. The highest BCUT2D eigenvalue weighted by Crippen LogP contribution is 2.38. The Morgan fingerprint density at radius 2 is 1.76 bits per heavy atom. The third kappa shape index (κ3) is 4.85. The molecule has 1 aliphatic rings. The van der Waals surface area contributed by atoms with Gasteiger partial charge < -0.3 is 14.0 Å². The fraction of sp³-hybridized carbons (Fsp3) is 0.250. The van der Waals surface area contributed by atoms with E-state index in [9.17, 15) is 9.59 Å². The fourth-order valence-electron chi connectivity index (χ4n) is 4.68. The first kappa shape index (κ1) is 24.3. The summed E-state index contributed by atoms with van der Waals surface area (Å²) < 4.78 is 13.1. The summed E-state index contributed by atoms with van der Waals surface area (Å²) in [4.78, 5) is 31.4. The molecule has 1 amide bonds. The fourth-order valence-corrected chi connectivity index (χ4v) is 4.68. The number of hydrogen-bond acceptors (Lipinski definition) is 7. The van der Waals surface area contributed by atoms with E-state index >= 15 is 0 Å². The number of aromatic nitrogens is 2. The van der Waals surface area contributed by atoms with Gasteiger partial charge in [-0.3, -0.25) is 30.3 Å². The van der Waals surface area contributed by atoms with Gasteiger partial charge in [0.2, 0.25) is 5.91 Å². The first-order valence-corrected chi connectivity index (χ1v) is 12.0. The maximum atomic E-state index is 12.6. The molecule has 3 heterocycles. The Morgan fingerprint density at radius 1 is 1.05 bits per heavy atom. The van der Waals surface area contributed by atoms with Crippen molar-refractivity contribution in [2.24, 2.45) is 13.0 Å². The van der Waals surface area contributed by atoms with Crippen molar-refractivity contribution in [2.45, 2.75) is 6.54 Å². The van der Waals surface area contributed by atoms with E-state index in [-0.39, 0.29) is 17.4 Å². The molecule has 0 bridgehead atoms. The lowest BCUT2D eigenvalue weighted by Crippen LogP contribution is -2.53. The summed E-state index contributed by atoms with van der Waals surface area (Å²) in [5.74, 6) is 1.23. The number of nitrogens with zero attached hydrogens (tertiary/aromatic N) is 3. The van der Waals surface area contributed by atoms with Gasteiger partial charge in [-0.15, -0.1) is 0 Å². The number of anilines is 1. The third-order valence-electron chi connectivity index (χ3n) is 6.72. The molecule has 37 heavy (non-hydrogen) atoms. The molecule has 4 aromatic rings. The third-order valence-corrected chi connectivity index (χ3v) is 6.72. The van der Waals surface area contributed by atoms with E-state index in [0.717, 1.165) is 27.8 Å². The van der Waals surface area contributed by atoms with E-state index in [1.807, 2.05) is 54.7 Å². The summed E-state index contributed by atoms with van der Waals surface area (Å²) in [6.07, 6.45) is 5.09. The van der Waals surface area contributed by atoms with Gasteiger partial charge in [-0.25, -0.2) is 0 Å². The molecule has 5 rings (SSSR count). The molecular formula is C28H29N5O4. The molecule has 0 spiro atoms. The molecular weight excluding hydrogens is 470 g/mol. The number of para-hydroxylation sites is 1. The van der Waals surface area contributed by atoms with E-state index in [1.165, 1.54) is 0 Å². The molecule has 2 aromatic carbocycles. The minimum absolute atomic E-state index is 0.0366. The second kappa shape index (κ2) is 10.3. The van der Waals surface area contributed by atoms with Crippen molar-refractivity contribution < 1.29 is 14.3 Å². The number of nitrogens with one attached hydrogen (secondary N) is 2. The van der Waals surface area contributed by atoms with Crippen molar-refractivity contribution in [3.63, 3.8) is 0 Å². The number of methoxy groups -OCH3 is 2. The molecule has 0 atom stereocenters. The average Bonchev–Trinajstić information content (AvgIpc) is 2.91. The number of rotatable bonds is 8. The summed E-state index contributed by atoms with van der Waals surface area (Å²) in [5, 5.41) is 1.37. The maximum Gasteiger partial charge on any atom is 0.259 e. The predicted molar refractivity (Wildman–Crippen MR) is 142 cm³/mol. The summed E-state index contributed by atoms with van der Waals surface area (Å²) in [5.41, 5.74) is 9.14. The minimum Gasteiger partial charge on any atom is -0.496 e. The van der Waals surface area contributed by atoms with Gasteiger partial charge in [0.05, 0.1) is 36.8 Å². The number of carbonyl (C=O) groups excluding carboxylic acids is 1. The van der Waals surface area contributed by atoms with E-state index in [0.29, 0.717) is 36.5 Å². The first-order valence-electron chi connectivity index (χ1n) is 12.0. The van der Waals surface area contributed by atoms with Crippen molar-refractivity contribution >= 4 is 22.4 Å². The van der Waals surface area contributed by atoms with Crippen molar-refractivity contribution in [1.29, 1.82) is 0 Å². The van der Waals surface area contributed by atoms with Crippen molar-refractivity contribution in [2.75, 3.05) is 32.7 Å². The second-order valence-corrected chi connectivity index (χ2v) is 9.11. The lowest BCUT2D eigenvalue weighted by Gasteiger charge is -2.38. The van der Waals surface area contributed by atoms with Crippen LogP contribution < -0.4 is 25.9 Å². The number of fused-ring (bicyclic) bond motifs is 1. The lowest BCUT2D eigenvalue weighted by molar-refractivity contribution is -0.129. The molecule has 0 radical (unpaired) electrons. The van der Waals surface area contributed by atoms with E-state index in [4.69, 9.17) is 9.47 Å². The van der Waals surface area contributed by atoms with Crippen LogP contribution in [0, 0.1) is 5.92 Å². The minimum atomic E-state index is -0.0993. The van der Waals surface area contributed by atoms with E-state index in [2.05, 4.69) is 20.7 Å². The topological polar surface area (TPSA) is 97.7 Å².